The van der Waals surface area contributed by atoms with Gasteiger partial charge in [-0.25, -0.2) is 0 Å². The van der Waals surface area contributed by atoms with Crippen molar-refractivity contribution in [3.8, 4) is 5.75 Å². The van der Waals surface area contributed by atoms with Crippen LogP contribution in [0.1, 0.15) is 85.9 Å². The van der Waals surface area contributed by atoms with Gasteiger partial charge in [-0.05, 0) is 44.9 Å². The van der Waals surface area contributed by atoms with Crippen LogP contribution in [-0.2, 0) is 4.79 Å². The van der Waals surface area contributed by atoms with Crippen molar-refractivity contribution in [2.75, 3.05) is 19.7 Å². The van der Waals surface area contributed by atoms with E-state index in [1.165, 1.54) is 11.3 Å². The van der Waals surface area contributed by atoms with E-state index in [9.17, 15) is 14.4 Å². The normalized spacial score (nSPS) is 14.0. The molecule has 0 fully saturated rings. The fourth-order valence-electron chi connectivity index (χ4n) is 3.74. The van der Waals surface area contributed by atoms with Gasteiger partial charge in [-0.15, -0.1) is 0 Å². The highest BCUT2D eigenvalue weighted by Crippen LogP contribution is 2.32. The summed E-state index contributed by atoms with van der Waals surface area (Å²) in [5, 5.41) is 2.84. The summed E-state index contributed by atoms with van der Waals surface area (Å²) >= 11 is 0. The number of nitrogens with two attached hydrogens (primary N) is 1. The van der Waals surface area contributed by atoms with Crippen molar-refractivity contribution in [1.82, 2.24) is 10.2 Å². The van der Waals surface area contributed by atoms with E-state index in [-0.39, 0.29) is 41.7 Å². The van der Waals surface area contributed by atoms with E-state index in [2.05, 4.69) is 5.32 Å². The monoisotopic (exact) mass is 417 g/mol. The van der Waals surface area contributed by atoms with E-state index in [1.54, 1.807) is 18.2 Å². The molecule has 1 aliphatic heterocycles. The third kappa shape index (κ3) is 6.29. The minimum atomic E-state index is -0.346. The first-order chi connectivity index (χ1) is 14.5. The molecule has 3 N–H and O–H groups in total. The second-order valence-electron chi connectivity index (χ2n) is 7.85. The highest BCUT2D eigenvalue weighted by atomic mass is 16.5. The second-order valence-corrected chi connectivity index (χ2v) is 7.85. The molecule has 0 saturated heterocycles. The SMILES string of the molecule is CCCC(C)N1C(=O)c2cccc(OCC(=O)NCCCCCCCCN)c2C1=O. The number of nitrogens with one attached hydrogen (secondary N) is 1. The quantitative estimate of drug-likeness (QED) is 0.357. The maximum absolute atomic E-state index is 12.8. The van der Waals surface area contributed by atoms with Gasteiger partial charge in [-0.2, -0.15) is 0 Å². The van der Waals surface area contributed by atoms with Crippen molar-refractivity contribution in [3.63, 3.8) is 0 Å². The summed E-state index contributed by atoms with van der Waals surface area (Å²) in [6.07, 6.45) is 8.17. The third-order valence-electron chi connectivity index (χ3n) is 5.37. The molecule has 1 aromatic rings. The van der Waals surface area contributed by atoms with E-state index >= 15 is 0 Å². The molecule has 7 nitrogen and oxygen atoms in total. The summed E-state index contributed by atoms with van der Waals surface area (Å²) in [7, 11) is 0. The number of fused-ring (bicyclic) bond motifs is 1. The Bertz CT molecular complexity index is 735. The molecular weight excluding hydrogens is 382 g/mol. The zero-order valence-electron chi connectivity index (χ0n) is 18.2. The topological polar surface area (TPSA) is 102 Å². The number of imide groups is 1. The van der Waals surface area contributed by atoms with Crippen molar-refractivity contribution >= 4 is 17.7 Å². The average molecular weight is 418 g/mol. The van der Waals surface area contributed by atoms with Crippen molar-refractivity contribution in [3.05, 3.63) is 29.3 Å². The van der Waals surface area contributed by atoms with Crippen LogP contribution < -0.4 is 15.8 Å². The lowest BCUT2D eigenvalue weighted by Crippen LogP contribution is -2.37. The van der Waals surface area contributed by atoms with Gasteiger partial charge in [0, 0.05) is 12.6 Å². The van der Waals surface area contributed by atoms with Crippen LogP contribution in [0.3, 0.4) is 0 Å². The van der Waals surface area contributed by atoms with Gasteiger partial charge in [0.05, 0.1) is 11.1 Å². The lowest BCUT2D eigenvalue weighted by molar-refractivity contribution is -0.123. The van der Waals surface area contributed by atoms with E-state index in [1.807, 2.05) is 13.8 Å². The summed E-state index contributed by atoms with van der Waals surface area (Å²) in [5.74, 6) is -0.588. The lowest BCUT2D eigenvalue weighted by atomic mass is 10.1. The standard InChI is InChI=1S/C23H35N3O4/c1-3-11-17(2)26-22(28)18-12-10-13-19(21(18)23(26)29)30-16-20(27)25-15-9-7-5-4-6-8-14-24/h10,12-13,17H,3-9,11,14-16,24H2,1-2H3,(H,25,27). The Kier molecular flexibility index (Phi) is 9.80. The number of nitrogens with zero attached hydrogens (tertiary/aromatic N) is 1. The summed E-state index contributed by atoms with van der Waals surface area (Å²) < 4.78 is 5.62. The van der Waals surface area contributed by atoms with E-state index in [0.717, 1.165) is 51.5 Å². The van der Waals surface area contributed by atoms with Crippen LogP contribution in [0.2, 0.25) is 0 Å². The molecule has 30 heavy (non-hydrogen) atoms. The van der Waals surface area contributed by atoms with Gasteiger partial charge in [0.2, 0.25) is 0 Å². The van der Waals surface area contributed by atoms with Crippen LogP contribution in [0.5, 0.6) is 5.75 Å². The average Bonchev–Trinajstić information content (AvgIpc) is 2.99. The molecule has 0 spiro atoms. The predicted octanol–water partition coefficient (Wildman–Crippen LogP) is 3.27. The van der Waals surface area contributed by atoms with Gasteiger partial charge in [-0.3, -0.25) is 19.3 Å². The fraction of sp³-hybridized carbons (Fsp3) is 0.609. The molecule has 3 amide bonds. The molecule has 7 heteroatoms. The number of ether oxygens (including phenoxy) is 1. The van der Waals surface area contributed by atoms with Gasteiger partial charge in [0.1, 0.15) is 5.75 Å². The number of carbonyl (C=O) groups is 3. The Morgan fingerprint density at radius 3 is 2.50 bits per heavy atom. The van der Waals surface area contributed by atoms with Crippen molar-refractivity contribution in [2.24, 2.45) is 5.73 Å². The largest absolute Gasteiger partial charge is 0.483 e. The first-order valence-electron chi connectivity index (χ1n) is 11.1. The van der Waals surface area contributed by atoms with E-state index < -0.39 is 0 Å². The van der Waals surface area contributed by atoms with Crippen LogP contribution in [-0.4, -0.2) is 48.4 Å². The lowest BCUT2D eigenvalue weighted by Gasteiger charge is -2.21. The number of hydrogen-bond acceptors (Lipinski definition) is 5. The van der Waals surface area contributed by atoms with Gasteiger partial charge in [0.25, 0.3) is 17.7 Å². The molecule has 0 aliphatic carbocycles. The Morgan fingerprint density at radius 2 is 1.80 bits per heavy atom. The predicted molar refractivity (Wildman–Crippen MR) is 117 cm³/mol. The zero-order valence-corrected chi connectivity index (χ0v) is 18.2. The first-order valence-corrected chi connectivity index (χ1v) is 11.1. The molecule has 1 heterocycles. The molecule has 0 aromatic heterocycles. The van der Waals surface area contributed by atoms with Gasteiger partial charge in [-0.1, -0.05) is 45.1 Å². The number of unbranched alkanes of at least 4 members (excludes halogenated alkanes) is 5. The maximum atomic E-state index is 12.8. The highest BCUT2D eigenvalue weighted by Gasteiger charge is 2.40. The smallest absolute Gasteiger partial charge is 0.265 e. The molecule has 0 radical (unpaired) electrons. The summed E-state index contributed by atoms with van der Waals surface area (Å²) in [6.45, 7) is 5.06. The van der Waals surface area contributed by atoms with Crippen molar-refractivity contribution in [2.45, 2.75) is 71.3 Å². The minimum Gasteiger partial charge on any atom is -0.483 e. The number of carbonyl (C=O) groups excluding carboxylic acids is 3. The van der Waals surface area contributed by atoms with Crippen molar-refractivity contribution in [1.29, 1.82) is 0 Å². The summed E-state index contributed by atoms with van der Waals surface area (Å²) in [5.41, 5.74) is 6.08. The number of rotatable bonds is 14. The number of benzene rings is 1. The minimum absolute atomic E-state index is 0.172. The van der Waals surface area contributed by atoms with E-state index in [4.69, 9.17) is 10.5 Å². The summed E-state index contributed by atoms with van der Waals surface area (Å²) in [6, 6.07) is 4.77. The molecule has 166 valence electrons. The Hall–Kier alpha value is -2.41. The van der Waals surface area contributed by atoms with Crippen LogP contribution in [0.4, 0.5) is 0 Å². The molecule has 1 atom stereocenters. The number of amides is 3. The maximum Gasteiger partial charge on any atom is 0.265 e. The van der Waals surface area contributed by atoms with Crippen molar-refractivity contribution < 1.29 is 19.1 Å². The van der Waals surface area contributed by atoms with Crippen LogP contribution >= 0.6 is 0 Å². The van der Waals surface area contributed by atoms with Crippen LogP contribution in [0.15, 0.2) is 18.2 Å². The Morgan fingerprint density at radius 1 is 1.10 bits per heavy atom. The second kappa shape index (κ2) is 12.3. The van der Waals surface area contributed by atoms with Crippen LogP contribution in [0.25, 0.3) is 0 Å². The molecule has 0 saturated carbocycles. The Labute approximate surface area is 179 Å². The molecular formula is C23H35N3O4. The highest BCUT2D eigenvalue weighted by molar-refractivity contribution is 6.22. The van der Waals surface area contributed by atoms with Crippen LogP contribution in [0, 0.1) is 0 Å². The van der Waals surface area contributed by atoms with Gasteiger partial charge >= 0.3 is 0 Å². The fourth-order valence-corrected chi connectivity index (χ4v) is 3.74. The third-order valence-corrected chi connectivity index (χ3v) is 5.37. The zero-order chi connectivity index (χ0) is 21.9. The van der Waals surface area contributed by atoms with Gasteiger partial charge < -0.3 is 15.8 Å². The molecule has 2 rings (SSSR count). The first kappa shape index (κ1) is 23.9. The molecule has 1 unspecified atom stereocenters. The van der Waals surface area contributed by atoms with E-state index in [0.29, 0.717) is 12.1 Å². The molecule has 1 aromatic carbocycles. The Balaban J connectivity index is 1.82. The number of hydrogen-bond donors (Lipinski definition) is 2. The van der Waals surface area contributed by atoms with Gasteiger partial charge in [0.15, 0.2) is 6.61 Å². The molecule has 0 bridgehead atoms. The summed E-state index contributed by atoms with van der Waals surface area (Å²) in [4.78, 5) is 38.9. The molecule has 1 aliphatic rings.